The van der Waals surface area contributed by atoms with Crippen molar-refractivity contribution in [2.24, 2.45) is 11.3 Å². The Morgan fingerprint density at radius 2 is 1.56 bits per heavy atom. The van der Waals surface area contributed by atoms with E-state index in [1.807, 2.05) is 81.4 Å². The third-order valence-corrected chi connectivity index (χ3v) is 7.49. The van der Waals surface area contributed by atoms with Crippen LogP contribution in [0, 0.1) is 18.3 Å². The van der Waals surface area contributed by atoms with Crippen molar-refractivity contribution >= 4 is 11.9 Å². The molecule has 0 bridgehead atoms. The molecule has 8 heteroatoms. The predicted molar refractivity (Wildman–Crippen MR) is 155 cm³/mol. The van der Waals surface area contributed by atoms with Crippen molar-refractivity contribution in [3.05, 3.63) is 23.3 Å². The van der Waals surface area contributed by atoms with Gasteiger partial charge in [-0.15, -0.1) is 0 Å². The Bertz CT molecular complexity index is 921. The van der Waals surface area contributed by atoms with Crippen LogP contribution in [0.1, 0.15) is 107 Å². The second-order valence-electron chi connectivity index (χ2n) is 12.2. The van der Waals surface area contributed by atoms with E-state index in [0.29, 0.717) is 18.6 Å². The Hall–Kier alpha value is -2.32. The van der Waals surface area contributed by atoms with Crippen molar-refractivity contribution in [2.45, 2.75) is 126 Å². The first-order valence-corrected chi connectivity index (χ1v) is 13.5. The number of piperidine rings is 1. The van der Waals surface area contributed by atoms with Crippen molar-refractivity contribution in [3.8, 4) is 11.5 Å². The lowest BCUT2D eigenvalue weighted by atomic mass is 9.80. The fraction of sp³-hybridized carbons (Fsp3) is 0.742. The van der Waals surface area contributed by atoms with Crippen molar-refractivity contribution in [1.29, 1.82) is 0 Å². The van der Waals surface area contributed by atoms with Crippen LogP contribution in [0.3, 0.4) is 0 Å². The van der Waals surface area contributed by atoms with Crippen molar-refractivity contribution in [3.63, 3.8) is 0 Å². The van der Waals surface area contributed by atoms with Gasteiger partial charge in [0, 0.05) is 29.5 Å². The first-order valence-electron chi connectivity index (χ1n) is 13.5. The molecule has 0 radical (unpaired) electrons. The molecule has 0 aliphatic carbocycles. The van der Waals surface area contributed by atoms with Gasteiger partial charge in [0.2, 0.25) is 0 Å². The number of rotatable bonds is 9. The summed E-state index contributed by atoms with van der Waals surface area (Å²) in [4.78, 5) is 23.8. The lowest BCUT2D eigenvalue weighted by molar-refractivity contribution is -0.259. The quantitative estimate of drug-likeness (QED) is 0.323. The highest BCUT2D eigenvalue weighted by Crippen LogP contribution is 2.38. The van der Waals surface area contributed by atoms with Crippen LogP contribution in [0.15, 0.2) is 12.1 Å². The van der Waals surface area contributed by atoms with Crippen molar-refractivity contribution in [2.75, 3.05) is 14.2 Å². The number of methoxy groups -OCH3 is 2. The maximum absolute atomic E-state index is 12.0. The minimum atomic E-state index is -0.470. The summed E-state index contributed by atoms with van der Waals surface area (Å²) in [6.07, 6.45) is 2.74. The van der Waals surface area contributed by atoms with Gasteiger partial charge in [-0.2, -0.15) is 5.06 Å². The van der Waals surface area contributed by atoms with E-state index in [4.69, 9.17) is 18.9 Å². The lowest BCUT2D eigenvalue weighted by Gasteiger charge is -2.51. The number of carbonyl (C=O) groups excluding carboxylic acids is 2. The molecular weight excluding hydrogens is 498 g/mol. The van der Waals surface area contributed by atoms with E-state index in [1.54, 1.807) is 14.2 Å². The summed E-state index contributed by atoms with van der Waals surface area (Å²) in [6.45, 7) is 19.6. The van der Waals surface area contributed by atoms with Gasteiger partial charge in [0.25, 0.3) is 0 Å². The van der Waals surface area contributed by atoms with E-state index >= 15 is 0 Å². The molecule has 1 unspecified atom stereocenters. The molecule has 1 aromatic carbocycles. The lowest BCUT2D eigenvalue weighted by Crippen LogP contribution is -2.60. The molecule has 39 heavy (non-hydrogen) atoms. The normalized spacial score (nSPS) is 17.6. The summed E-state index contributed by atoms with van der Waals surface area (Å²) in [6, 6.07) is 3.73. The molecule has 1 aromatic rings. The number of nitrogens with zero attached hydrogens (tertiary/aromatic N) is 1. The molecule has 8 nitrogen and oxygen atoms in total. The third-order valence-electron chi connectivity index (χ3n) is 7.49. The molecule has 1 saturated heterocycles. The molecule has 1 aliphatic rings. The summed E-state index contributed by atoms with van der Waals surface area (Å²) in [7, 11) is 3.22. The average Bonchev–Trinajstić information content (AvgIpc) is 2.85. The smallest absolute Gasteiger partial charge is 0.311 e. The van der Waals surface area contributed by atoms with Crippen LogP contribution in [-0.2, 0) is 25.7 Å². The predicted octanol–water partition coefficient (Wildman–Crippen LogP) is 7.11. The van der Waals surface area contributed by atoms with Crippen LogP contribution in [0.4, 0.5) is 0 Å². The highest BCUT2D eigenvalue weighted by molar-refractivity contribution is 5.75. The Morgan fingerprint density at radius 1 is 1.05 bits per heavy atom. The van der Waals surface area contributed by atoms with Gasteiger partial charge in [0.05, 0.1) is 25.6 Å². The van der Waals surface area contributed by atoms with Crippen LogP contribution in [0.25, 0.3) is 0 Å². The number of carbonyl (C=O) groups is 2. The van der Waals surface area contributed by atoms with Crippen molar-refractivity contribution in [1.82, 2.24) is 5.06 Å². The molecule has 226 valence electrons. The second-order valence-corrected chi connectivity index (χ2v) is 12.2. The largest absolute Gasteiger partial charge is 0.496 e. The zero-order valence-electron chi connectivity index (χ0n) is 25.7. The number of ether oxygens (including phenoxy) is 4. The van der Waals surface area contributed by atoms with Gasteiger partial charge in [-0.3, -0.25) is 9.59 Å². The summed E-state index contributed by atoms with van der Waals surface area (Å²) < 4.78 is 21.6. The maximum atomic E-state index is 12.0. The highest BCUT2D eigenvalue weighted by Gasteiger charge is 2.46. The molecule has 2 rings (SSSR count). The van der Waals surface area contributed by atoms with Gasteiger partial charge in [0.15, 0.2) is 0 Å². The molecule has 1 N–H and O–H groups in total. The number of benzene rings is 1. The molecular formula is C31H55NO7. The fourth-order valence-corrected chi connectivity index (χ4v) is 4.42. The Kier molecular flexibility index (Phi) is 14.0. The van der Waals surface area contributed by atoms with Gasteiger partial charge in [-0.1, -0.05) is 28.2 Å². The zero-order valence-corrected chi connectivity index (χ0v) is 25.7. The maximum Gasteiger partial charge on any atom is 0.311 e. The first-order chi connectivity index (χ1) is 17.4. The van der Waals surface area contributed by atoms with Gasteiger partial charge in [-0.25, -0.2) is 0 Å². The van der Waals surface area contributed by atoms with Gasteiger partial charge >= 0.3 is 11.9 Å². The highest BCUT2D eigenvalue weighted by atomic mass is 16.6. The summed E-state index contributed by atoms with van der Waals surface area (Å²) in [5.74, 6) is 1.07. The van der Waals surface area contributed by atoms with Gasteiger partial charge in [-0.05, 0) is 79.0 Å². The van der Waals surface area contributed by atoms with Gasteiger partial charge in [0.1, 0.15) is 24.2 Å². The Balaban J connectivity index is 0.000000726. The van der Waals surface area contributed by atoms with E-state index < -0.39 is 5.41 Å². The monoisotopic (exact) mass is 553 g/mol. The molecule has 1 atom stereocenters. The first kappa shape index (κ1) is 36.7. The molecule has 1 heterocycles. The standard InChI is InChI=1S/C16H24O4.C14H27NO3.CH4/c1-7-16(3,4)15(17)20-10-12-9-13(18-5)11(2)8-14(12)19-6;1-7-10(2)12(16)18-11-8-13(3,4)15(17)14(5,6)9-11;/h8-9H,7,10H2,1-6H3;10-11,17H,7-9H2,1-6H3;1H4. The van der Waals surface area contributed by atoms with Crippen LogP contribution in [-0.4, -0.2) is 53.6 Å². The van der Waals surface area contributed by atoms with E-state index in [9.17, 15) is 14.8 Å². The van der Waals surface area contributed by atoms with Crippen molar-refractivity contribution < 1.29 is 33.7 Å². The minimum absolute atomic E-state index is 0. The Labute approximate surface area is 237 Å². The fourth-order valence-electron chi connectivity index (χ4n) is 4.42. The van der Waals surface area contributed by atoms with Crippen LogP contribution in [0.5, 0.6) is 11.5 Å². The SMILES string of the molecule is C.CCC(C)(C)C(=O)OCc1cc(OC)c(C)cc1OC.CCC(C)C(=O)OC1CC(C)(C)N(O)C(C)(C)C1. The molecule has 0 saturated carbocycles. The number of esters is 2. The molecule has 0 amide bonds. The Morgan fingerprint density at radius 3 is 2.00 bits per heavy atom. The molecule has 0 spiro atoms. The summed E-state index contributed by atoms with van der Waals surface area (Å²) in [5.41, 5.74) is 0.565. The van der Waals surface area contributed by atoms with E-state index in [2.05, 4.69) is 0 Å². The third kappa shape index (κ3) is 9.98. The zero-order chi connectivity index (χ0) is 29.5. The van der Waals surface area contributed by atoms with Crippen LogP contribution in [0.2, 0.25) is 0 Å². The summed E-state index contributed by atoms with van der Waals surface area (Å²) >= 11 is 0. The number of hydrogen-bond acceptors (Lipinski definition) is 8. The number of hydrogen-bond donors (Lipinski definition) is 1. The molecule has 1 fully saturated rings. The topological polar surface area (TPSA) is 94.5 Å². The van der Waals surface area contributed by atoms with E-state index in [1.165, 1.54) is 5.06 Å². The average molecular weight is 554 g/mol. The van der Waals surface area contributed by atoms with E-state index in [0.717, 1.165) is 29.7 Å². The van der Waals surface area contributed by atoms with Crippen LogP contribution >= 0.6 is 0 Å². The van der Waals surface area contributed by atoms with E-state index in [-0.39, 0.29) is 49.1 Å². The second kappa shape index (κ2) is 14.9. The number of aryl methyl sites for hydroxylation is 1. The molecule has 0 aromatic heterocycles. The minimum Gasteiger partial charge on any atom is -0.496 e. The number of hydroxylamine groups is 2. The van der Waals surface area contributed by atoms with Gasteiger partial charge < -0.3 is 24.2 Å². The molecule has 1 aliphatic heterocycles. The van der Waals surface area contributed by atoms with Crippen LogP contribution < -0.4 is 9.47 Å². The summed E-state index contributed by atoms with van der Waals surface area (Å²) in [5, 5.41) is 11.6.